The van der Waals surface area contributed by atoms with E-state index in [-0.39, 0.29) is 11.8 Å². The molecule has 0 spiro atoms. The second-order valence-electron chi connectivity index (χ2n) is 8.20. The van der Waals surface area contributed by atoms with Gasteiger partial charge in [0.25, 0.3) is 5.91 Å². The third kappa shape index (κ3) is 3.14. The number of likely N-dealkylation sites (tertiary alicyclic amines) is 1. The molecular weight excluding hydrogens is 364 g/mol. The quantitative estimate of drug-likeness (QED) is 0.745. The Labute approximate surface area is 170 Å². The van der Waals surface area contributed by atoms with Crippen LogP contribution >= 0.6 is 0 Å². The Morgan fingerprint density at radius 3 is 2.83 bits per heavy atom. The van der Waals surface area contributed by atoms with Gasteiger partial charge in [-0.15, -0.1) is 0 Å². The largest absolute Gasteiger partial charge is 0.337 e. The molecule has 0 radical (unpaired) electrons. The highest BCUT2D eigenvalue weighted by molar-refractivity contribution is 5.94. The topological polar surface area (TPSA) is 79.7 Å². The van der Waals surface area contributed by atoms with Crippen molar-refractivity contribution in [1.82, 2.24) is 29.9 Å². The molecule has 7 heteroatoms. The zero-order valence-electron chi connectivity index (χ0n) is 17.0. The number of carbonyl (C=O) groups is 1. The number of aromatic amines is 1. The summed E-state index contributed by atoms with van der Waals surface area (Å²) in [5.41, 5.74) is 5.20. The summed E-state index contributed by atoms with van der Waals surface area (Å²) in [5, 5.41) is 12.1. The molecule has 3 aromatic rings. The Bertz CT molecular complexity index is 1070. The Hall–Kier alpha value is -2.96. The Kier molecular flexibility index (Phi) is 4.45. The Morgan fingerprint density at radius 2 is 2.03 bits per heavy atom. The van der Waals surface area contributed by atoms with Crippen molar-refractivity contribution in [1.29, 1.82) is 0 Å². The van der Waals surface area contributed by atoms with E-state index in [1.807, 2.05) is 28.6 Å². The summed E-state index contributed by atoms with van der Waals surface area (Å²) < 4.78 is 2.00. The van der Waals surface area contributed by atoms with Crippen LogP contribution in [0.3, 0.4) is 0 Å². The highest BCUT2D eigenvalue weighted by atomic mass is 16.2. The van der Waals surface area contributed by atoms with E-state index in [9.17, 15) is 4.79 Å². The third-order valence-corrected chi connectivity index (χ3v) is 6.16. The first kappa shape index (κ1) is 18.1. The summed E-state index contributed by atoms with van der Waals surface area (Å²) in [5.74, 6) is 1.87. The van der Waals surface area contributed by atoms with Gasteiger partial charge in [-0.2, -0.15) is 10.2 Å². The summed E-state index contributed by atoms with van der Waals surface area (Å²) in [6, 6.07) is 8.24. The fourth-order valence-corrected chi connectivity index (χ4v) is 4.67. The van der Waals surface area contributed by atoms with Gasteiger partial charge in [0.2, 0.25) is 0 Å². The van der Waals surface area contributed by atoms with Gasteiger partial charge in [0.05, 0.1) is 5.69 Å². The molecular formula is C22H26N6O. The fraction of sp³-hybridized carbons (Fsp3) is 0.455. The van der Waals surface area contributed by atoms with Gasteiger partial charge in [-0.3, -0.25) is 9.89 Å². The number of piperidine rings is 1. The van der Waals surface area contributed by atoms with Crippen molar-refractivity contribution in [3.63, 3.8) is 0 Å². The van der Waals surface area contributed by atoms with Gasteiger partial charge in [-0.25, -0.2) is 9.67 Å². The number of nitrogens with zero attached hydrogens (tertiary/aromatic N) is 5. The lowest BCUT2D eigenvalue weighted by atomic mass is 9.97. The van der Waals surface area contributed by atoms with Crippen LogP contribution in [-0.4, -0.2) is 48.9 Å². The number of H-pyrrole nitrogens is 1. The normalized spacial score (nSPS) is 18.8. The van der Waals surface area contributed by atoms with Gasteiger partial charge in [0, 0.05) is 30.3 Å². The lowest BCUT2D eigenvalue weighted by Gasteiger charge is -2.31. The number of hydrogen-bond acceptors (Lipinski definition) is 4. The van der Waals surface area contributed by atoms with Crippen LogP contribution in [0.5, 0.6) is 0 Å². The maximum Gasteiger partial charge on any atom is 0.274 e. The second kappa shape index (κ2) is 7.13. The molecule has 150 valence electrons. The van der Waals surface area contributed by atoms with Crippen molar-refractivity contribution >= 4 is 5.91 Å². The standard InChI is InChI=1S/C22H26N6O/c1-14-7-3-4-10-18(14)28-19-11-5-9-17(19)20(26-28)22(29)27-12-6-8-16(13-27)21-23-15(2)24-25-21/h3-4,7,10,16H,5-6,8-9,11-13H2,1-2H3,(H,23,24,25). The molecule has 1 amide bonds. The van der Waals surface area contributed by atoms with Gasteiger partial charge in [-0.1, -0.05) is 18.2 Å². The average Bonchev–Trinajstić information content (AvgIpc) is 3.45. The van der Waals surface area contributed by atoms with Crippen LogP contribution in [0.15, 0.2) is 24.3 Å². The first-order valence-electron chi connectivity index (χ1n) is 10.5. The van der Waals surface area contributed by atoms with Crippen molar-refractivity contribution in [2.45, 2.75) is 51.9 Å². The second-order valence-corrected chi connectivity index (χ2v) is 8.20. The summed E-state index contributed by atoms with van der Waals surface area (Å²) >= 11 is 0. The van der Waals surface area contributed by atoms with Crippen molar-refractivity contribution < 1.29 is 4.79 Å². The summed E-state index contributed by atoms with van der Waals surface area (Å²) in [6.45, 7) is 5.42. The van der Waals surface area contributed by atoms with Crippen LogP contribution in [0.2, 0.25) is 0 Å². The van der Waals surface area contributed by atoms with Crippen LogP contribution in [0, 0.1) is 13.8 Å². The van der Waals surface area contributed by atoms with Crippen molar-refractivity contribution in [3.05, 3.63) is 58.4 Å². The minimum Gasteiger partial charge on any atom is -0.337 e. The lowest BCUT2D eigenvalue weighted by Crippen LogP contribution is -2.40. The Morgan fingerprint density at radius 1 is 1.17 bits per heavy atom. The van der Waals surface area contributed by atoms with Gasteiger partial charge >= 0.3 is 0 Å². The van der Waals surface area contributed by atoms with Crippen LogP contribution in [0.1, 0.15) is 64.1 Å². The summed E-state index contributed by atoms with van der Waals surface area (Å²) in [4.78, 5) is 19.9. The minimum atomic E-state index is 0.0486. The molecule has 1 saturated heterocycles. The number of fused-ring (bicyclic) bond motifs is 1. The smallest absolute Gasteiger partial charge is 0.274 e. The van der Waals surface area contributed by atoms with Gasteiger partial charge < -0.3 is 4.90 Å². The molecule has 0 bridgehead atoms. The van der Waals surface area contributed by atoms with Gasteiger partial charge in [0.15, 0.2) is 11.5 Å². The van der Waals surface area contributed by atoms with Crippen molar-refractivity contribution in [3.8, 4) is 5.69 Å². The number of aryl methyl sites for hydroxylation is 2. The molecule has 29 heavy (non-hydrogen) atoms. The maximum absolute atomic E-state index is 13.5. The van der Waals surface area contributed by atoms with Crippen LogP contribution in [-0.2, 0) is 12.8 Å². The van der Waals surface area contributed by atoms with Gasteiger partial charge in [-0.05, 0) is 57.6 Å². The van der Waals surface area contributed by atoms with E-state index in [0.29, 0.717) is 12.2 Å². The number of hydrogen-bond donors (Lipinski definition) is 1. The van der Waals surface area contributed by atoms with Crippen LogP contribution in [0.25, 0.3) is 5.69 Å². The van der Waals surface area contributed by atoms with E-state index < -0.39 is 0 Å². The number of carbonyl (C=O) groups excluding carboxylic acids is 1. The van der Waals surface area contributed by atoms with Crippen LogP contribution < -0.4 is 0 Å². The SMILES string of the molecule is Cc1nc(C2CCCN(C(=O)c3nn(-c4ccccc4C)c4c3CCC4)C2)n[nH]1. The predicted octanol–water partition coefficient (Wildman–Crippen LogP) is 3.12. The molecule has 7 nitrogen and oxygen atoms in total. The maximum atomic E-state index is 13.5. The molecule has 1 atom stereocenters. The zero-order chi connectivity index (χ0) is 20.0. The molecule has 2 aliphatic rings. The van der Waals surface area contributed by atoms with Crippen LogP contribution in [0.4, 0.5) is 0 Å². The van der Waals surface area contributed by atoms with Gasteiger partial charge in [0.1, 0.15) is 5.82 Å². The van der Waals surface area contributed by atoms with E-state index in [1.165, 1.54) is 11.3 Å². The molecule has 2 aromatic heterocycles. The molecule has 1 N–H and O–H groups in total. The lowest BCUT2D eigenvalue weighted by molar-refractivity contribution is 0.0697. The molecule has 1 aliphatic heterocycles. The number of benzene rings is 1. The molecule has 3 heterocycles. The predicted molar refractivity (Wildman–Crippen MR) is 109 cm³/mol. The molecule has 1 aliphatic carbocycles. The van der Waals surface area contributed by atoms with Crippen molar-refractivity contribution in [2.24, 2.45) is 0 Å². The Balaban J connectivity index is 1.46. The monoisotopic (exact) mass is 390 g/mol. The number of aromatic nitrogens is 5. The van der Waals surface area contributed by atoms with E-state index in [4.69, 9.17) is 5.10 Å². The number of para-hydroxylation sites is 1. The average molecular weight is 390 g/mol. The van der Waals surface area contributed by atoms with E-state index in [1.54, 1.807) is 0 Å². The van der Waals surface area contributed by atoms with Crippen molar-refractivity contribution in [2.75, 3.05) is 13.1 Å². The van der Waals surface area contributed by atoms with E-state index in [2.05, 4.69) is 34.2 Å². The first-order chi connectivity index (χ1) is 14.1. The van der Waals surface area contributed by atoms with E-state index >= 15 is 0 Å². The molecule has 0 saturated carbocycles. The number of amides is 1. The molecule has 1 unspecified atom stereocenters. The number of nitrogens with one attached hydrogen (secondary N) is 1. The molecule has 5 rings (SSSR count). The third-order valence-electron chi connectivity index (χ3n) is 6.16. The number of rotatable bonds is 3. The zero-order valence-corrected chi connectivity index (χ0v) is 17.0. The summed E-state index contributed by atoms with van der Waals surface area (Å²) in [7, 11) is 0. The van der Waals surface area contributed by atoms with E-state index in [0.717, 1.165) is 61.5 Å². The highest BCUT2D eigenvalue weighted by Gasteiger charge is 2.33. The fourth-order valence-electron chi connectivity index (χ4n) is 4.67. The molecule has 1 fully saturated rings. The highest BCUT2D eigenvalue weighted by Crippen LogP contribution is 2.31. The molecule has 1 aromatic carbocycles. The minimum absolute atomic E-state index is 0.0486. The first-order valence-corrected chi connectivity index (χ1v) is 10.5. The summed E-state index contributed by atoms with van der Waals surface area (Å²) in [6.07, 6.45) is 4.96.